The number of nitrogens with zero attached hydrogens (tertiary/aromatic N) is 4. The average Bonchev–Trinajstić information content (AvgIpc) is 3.16. The average molecular weight is 382 g/mol. The predicted octanol–water partition coefficient (Wildman–Crippen LogP) is 3.56. The Labute approximate surface area is 160 Å². The second-order valence-corrected chi connectivity index (χ2v) is 6.59. The molecule has 0 saturated heterocycles. The minimum atomic E-state index is -0.371. The number of carbonyl (C=O) groups is 1. The summed E-state index contributed by atoms with van der Waals surface area (Å²) in [5.74, 6) is 0.177. The zero-order valence-electron chi connectivity index (χ0n) is 14.7. The highest BCUT2D eigenvalue weighted by Gasteiger charge is 2.29. The van der Waals surface area contributed by atoms with Gasteiger partial charge < -0.3 is 10.1 Å². The summed E-state index contributed by atoms with van der Waals surface area (Å²) in [6.07, 6.45) is 0. The number of anilines is 1. The van der Waals surface area contributed by atoms with Crippen LogP contribution in [0, 0.1) is 0 Å². The van der Waals surface area contributed by atoms with Crippen LogP contribution in [0.5, 0.6) is 0 Å². The Kier molecular flexibility index (Phi) is 4.37. The lowest BCUT2D eigenvalue weighted by Gasteiger charge is -2.28. The van der Waals surface area contributed by atoms with Gasteiger partial charge in [-0.05, 0) is 58.3 Å². The summed E-state index contributed by atoms with van der Waals surface area (Å²) in [4.78, 5) is 11.7. The van der Waals surface area contributed by atoms with Crippen molar-refractivity contribution in [2.24, 2.45) is 0 Å². The highest BCUT2D eigenvalue weighted by molar-refractivity contribution is 6.30. The molecule has 0 aliphatic carbocycles. The van der Waals surface area contributed by atoms with E-state index in [0.717, 1.165) is 22.4 Å². The van der Waals surface area contributed by atoms with Crippen LogP contribution >= 0.6 is 11.6 Å². The molecule has 0 amide bonds. The van der Waals surface area contributed by atoms with Crippen LogP contribution in [-0.2, 0) is 4.74 Å². The third kappa shape index (κ3) is 3.06. The topological polar surface area (TPSA) is 81.9 Å². The van der Waals surface area contributed by atoms with Crippen molar-refractivity contribution in [2.75, 3.05) is 12.4 Å². The molecule has 2 aromatic carbocycles. The number of nitrogens with one attached hydrogen (secondary N) is 1. The van der Waals surface area contributed by atoms with E-state index >= 15 is 0 Å². The lowest BCUT2D eigenvalue weighted by atomic mass is 9.93. The molecule has 2 heterocycles. The number of aromatic nitrogens is 4. The monoisotopic (exact) mass is 381 g/mol. The Morgan fingerprint density at radius 3 is 2.52 bits per heavy atom. The fourth-order valence-electron chi connectivity index (χ4n) is 3.21. The maximum absolute atomic E-state index is 11.7. The van der Waals surface area contributed by atoms with E-state index in [4.69, 9.17) is 16.3 Å². The molecule has 1 aliphatic heterocycles. The van der Waals surface area contributed by atoms with Gasteiger partial charge in [0.25, 0.3) is 0 Å². The summed E-state index contributed by atoms with van der Waals surface area (Å²) in [5.41, 5.74) is 4.41. The molecule has 1 aromatic heterocycles. The van der Waals surface area contributed by atoms with Crippen LogP contribution in [0.4, 0.5) is 5.95 Å². The van der Waals surface area contributed by atoms with Gasteiger partial charge in [-0.2, -0.15) is 4.68 Å². The Morgan fingerprint density at radius 2 is 1.85 bits per heavy atom. The number of esters is 1. The summed E-state index contributed by atoms with van der Waals surface area (Å²) in [7, 11) is 1.36. The molecule has 7 nitrogen and oxygen atoms in total. The van der Waals surface area contributed by atoms with Crippen LogP contribution in [0.2, 0.25) is 5.02 Å². The molecule has 0 spiro atoms. The summed E-state index contributed by atoms with van der Waals surface area (Å²) in [5, 5.41) is 16.0. The van der Waals surface area contributed by atoms with Gasteiger partial charge >= 0.3 is 5.97 Å². The third-order valence-electron chi connectivity index (χ3n) is 4.56. The molecular formula is C19H16ClN5O2. The van der Waals surface area contributed by atoms with E-state index in [0.29, 0.717) is 16.5 Å². The lowest BCUT2D eigenvalue weighted by Crippen LogP contribution is -2.24. The van der Waals surface area contributed by atoms with E-state index in [1.165, 1.54) is 7.11 Å². The van der Waals surface area contributed by atoms with E-state index in [1.807, 2.05) is 43.3 Å². The Bertz CT molecular complexity index is 1030. The molecule has 0 radical (unpaired) electrons. The molecule has 1 N–H and O–H groups in total. The predicted molar refractivity (Wildman–Crippen MR) is 101 cm³/mol. The van der Waals surface area contributed by atoms with Gasteiger partial charge in [-0.25, -0.2) is 4.79 Å². The fraction of sp³-hybridized carbons (Fsp3) is 0.158. The minimum absolute atomic E-state index is 0.200. The Morgan fingerprint density at radius 1 is 1.15 bits per heavy atom. The maximum Gasteiger partial charge on any atom is 0.337 e. The van der Waals surface area contributed by atoms with Crippen molar-refractivity contribution in [3.05, 3.63) is 75.8 Å². The number of carbonyl (C=O) groups excluding carboxylic acids is 1. The molecule has 27 heavy (non-hydrogen) atoms. The molecule has 0 bridgehead atoms. The van der Waals surface area contributed by atoms with Crippen molar-refractivity contribution in [2.45, 2.75) is 13.0 Å². The van der Waals surface area contributed by atoms with Gasteiger partial charge in [0, 0.05) is 10.7 Å². The van der Waals surface area contributed by atoms with Crippen molar-refractivity contribution < 1.29 is 9.53 Å². The SMILES string of the molecule is COC(=O)c1ccc([C@H]2C(C)=C(c3ccc(Cl)cc3)Nc3nnnn32)cc1. The zero-order chi connectivity index (χ0) is 19.0. The second kappa shape index (κ2) is 6.85. The molecule has 1 atom stereocenters. The number of hydrogen-bond acceptors (Lipinski definition) is 6. The molecular weight excluding hydrogens is 366 g/mol. The summed E-state index contributed by atoms with van der Waals surface area (Å²) >= 11 is 6.02. The van der Waals surface area contributed by atoms with Crippen LogP contribution in [-0.4, -0.2) is 33.3 Å². The molecule has 8 heteroatoms. The summed E-state index contributed by atoms with van der Waals surface area (Å²) < 4.78 is 6.49. The second-order valence-electron chi connectivity index (χ2n) is 6.15. The van der Waals surface area contributed by atoms with Crippen molar-refractivity contribution in [3.8, 4) is 0 Å². The van der Waals surface area contributed by atoms with E-state index in [1.54, 1.807) is 16.8 Å². The quantitative estimate of drug-likeness (QED) is 0.698. The number of allylic oxidation sites excluding steroid dienone is 1. The number of rotatable bonds is 3. The molecule has 1 aliphatic rings. The molecule has 136 valence electrons. The zero-order valence-corrected chi connectivity index (χ0v) is 15.4. The number of ether oxygens (including phenoxy) is 1. The maximum atomic E-state index is 11.7. The number of fused-ring (bicyclic) bond motifs is 1. The van der Waals surface area contributed by atoms with Gasteiger partial charge in [0.2, 0.25) is 5.95 Å². The van der Waals surface area contributed by atoms with Gasteiger partial charge in [0.1, 0.15) is 6.04 Å². The van der Waals surface area contributed by atoms with Crippen molar-refractivity contribution in [1.82, 2.24) is 20.2 Å². The molecule has 3 aromatic rings. The molecule has 0 unspecified atom stereocenters. The fourth-order valence-corrected chi connectivity index (χ4v) is 3.33. The van der Waals surface area contributed by atoms with Gasteiger partial charge in [0.05, 0.1) is 12.7 Å². The largest absolute Gasteiger partial charge is 0.465 e. The van der Waals surface area contributed by atoms with Crippen molar-refractivity contribution >= 4 is 29.2 Å². The molecule has 0 fully saturated rings. The highest BCUT2D eigenvalue weighted by atomic mass is 35.5. The van der Waals surface area contributed by atoms with Crippen LogP contribution < -0.4 is 5.32 Å². The summed E-state index contributed by atoms with van der Waals surface area (Å²) in [6, 6.07) is 14.6. The van der Waals surface area contributed by atoms with E-state index in [9.17, 15) is 4.79 Å². The normalized spacial score (nSPS) is 15.9. The number of benzene rings is 2. The smallest absolute Gasteiger partial charge is 0.337 e. The van der Waals surface area contributed by atoms with Crippen molar-refractivity contribution in [3.63, 3.8) is 0 Å². The minimum Gasteiger partial charge on any atom is -0.465 e. The van der Waals surface area contributed by atoms with Crippen LogP contribution in [0.1, 0.15) is 34.5 Å². The lowest BCUT2D eigenvalue weighted by molar-refractivity contribution is 0.0600. The summed E-state index contributed by atoms with van der Waals surface area (Å²) in [6.45, 7) is 2.03. The molecule has 4 rings (SSSR count). The van der Waals surface area contributed by atoms with Crippen LogP contribution in [0.3, 0.4) is 0 Å². The first-order chi connectivity index (χ1) is 13.1. The van der Waals surface area contributed by atoms with Crippen molar-refractivity contribution in [1.29, 1.82) is 0 Å². The first kappa shape index (κ1) is 17.2. The van der Waals surface area contributed by atoms with Gasteiger partial charge in [-0.15, -0.1) is 0 Å². The van der Waals surface area contributed by atoms with E-state index in [2.05, 4.69) is 20.8 Å². The van der Waals surface area contributed by atoms with Crippen LogP contribution in [0.15, 0.2) is 54.1 Å². The number of hydrogen-bond donors (Lipinski definition) is 1. The van der Waals surface area contributed by atoms with Gasteiger partial charge in [-0.3, -0.25) is 0 Å². The first-order valence-electron chi connectivity index (χ1n) is 8.28. The van der Waals surface area contributed by atoms with Gasteiger partial charge in [0.15, 0.2) is 0 Å². The standard InChI is InChI=1S/C19H16ClN5O2/c1-11-16(12-7-9-15(20)10-8-12)21-19-22-23-24-25(19)17(11)13-3-5-14(6-4-13)18(26)27-2/h3-10,17H,1-2H3,(H,21,22,24)/t17-/m1/s1. The first-order valence-corrected chi connectivity index (χ1v) is 8.66. The van der Waals surface area contributed by atoms with E-state index in [-0.39, 0.29) is 12.0 Å². The van der Waals surface area contributed by atoms with Gasteiger partial charge in [-0.1, -0.05) is 41.0 Å². The number of methoxy groups -OCH3 is 1. The van der Waals surface area contributed by atoms with E-state index < -0.39 is 0 Å². The number of halogens is 1. The Balaban J connectivity index is 1.80. The molecule has 0 saturated carbocycles. The number of tetrazole rings is 1. The Hall–Kier alpha value is -3.19. The highest BCUT2D eigenvalue weighted by Crippen LogP contribution is 2.37. The van der Waals surface area contributed by atoms with Crippen LogP contribution in [0.25, 0.3) is 5.70 Å². The third-order valence-corrected chi connectivity index (χ3v) is 4.81.